The predicted molar refractivity (Wildman–Crippen MR) is 82.1 cm³/mol. The van der Waals surface area contributed by atoms with Crippen LogP contribution in [0.4, 0.5) is 5.13 Å². The predicted octanol–water partition coefficient (Wildman–Crippen LogP) is 3.37. The van der Waals surface area contributed by atoms with Crippen molar-refractivity contribution in [1.82, 2.24) is 10.3 Å². The van der Waals surface area contributed by atoms with Crippen molar-refractivity contribution >= 4 is 16.5 Å². The number of fused-ring (bicyclic) bond motifs is 1. The maximum absolute atomic E-state index is 4.98. The summed E-state index contributed by atoms with van der Waals surface area (Å²) < 4.78 is 0. The van der Waals surface area contributed by atoms with Crippen LogP contribution >= 0.6 is 11.3 Å². The lowest BCUT2D eigenvalue weighted by Gasteiger charge is -2.32. The third kappa shape index (κ3) is 2.65. The molecule has 1 aromatic heterocycles. The van der Waals surface area contributed by atoms with Crippen LogP contribution in [0.3, 0.4) is 0 Å². The van der Waals surface area contributed by atoms with Crippen molar-refractivity contribution in [2.75, 3.05) is 25.0 Å². The van der Waals surface area contributed by atoms with Gasteiger partial charge in [0.25, 0.3) is 0 Å². The number of rotatable bonds is 3. The lowest BCUT2D eigenvalue weighted by molar-refractivity contribution is 0.404. The van der Waals surface area contributed by atoms with Crippen molar-refractivity contribution < 1.29 is 0 Å². The first-order valence-electron chi connectivity index (χ1n) is 7.73. The van der Waals surface area contributed by atoms with E-state index in [2.05, 4.69) is 24.2 Å². The smallest absolute Gasteiger partial charge is 0.185 e. The second-order valence-corrected chi connectivity index (χ2v) is 6.96. The molecule has 1 aliphatic carbocycles. The van der Waals surface area contributed by atoms with Crippen molar-refractivity contribution in [2.45, 2.75) is 51.5 Å². The van der Waals surface area contributed by atoms with Gasteiger partial charge in [0.2, 0.25) is 0 Å². The first kappa shape index (κ1) is 13.4. The molecule has 2 heterocycles. The number of hydrogen-bond acceptors (Lipinski definition) is 4. The number of anilines is 1. The number of aromatic nitrogens is 1. The fraction of sp³-hybridized carbons (Fsp3) is 0.800. The number of aryl methyl sites for hydroxylation is 1. The third-order valence-corrected chi connectivity index (χ3v) is 5.85. The van der Waals surface area contributed by atoms with Crippen molar-refractivity contribution in [2.24, 2.45) is 5.92 Å². The highest BCUT2D eigenvalue weighted by molar-refractivity contribution is 7.15. The first-order valence-corrected chi connectivity index (χ1v) is 8.55. The molecular weight excluding hydrogens is 254 g/mol. The summed E-state index contributed by atoms with van der Waals surface area (Å²) in [4.78, 5) is 9.04. The maximum atomic E-state index is 4.98. The van der Waals surface area contributed by atoms with Crippen LogP contribution in [-0.2, 0) is 6.42 Å². The van der Waals surface area contributed by atoms with Crippen LogP contribution in [0.2, 0.25) is 0 Å². The van der Waals surface area contributed by atoms with Gasteiger partial charge in [-0.15, -0.1) is 11.3 Å². The molecule has 0 aromatic carbocycles. The minimum absolute atomic E-state index is 0.487. The van der Waals surface area contributed by atoms with Crippen molar-refractivity contribution in [3.63, 3.8) is 0 Å². The molecule has 3 rings (SSSR count). The van der Waals surface area contributed by atoms with Gasteiger partial charge >= 0.3 is 0 Å². The molecule has 1 aliphatic heterocycles. The summed E-state index contributed by atoms with van der Waals surface area (Å²) in [7, 11) is 2.06. The van der Waals surface area contributed by atoms with E-state index in [-0.39, 0.29) is 0 Å². The zero-order valence-corrected chi connectivity index (χ0v) is 12.9. The molecule has 1 N–H and O–H groups in total. The van der Waals surface area contributed by atoms with Gasteiger partial charge in [0.1, 0.15) is 0 Å². The average Bonchev–Trinajstić information content (AvgIpc) is 2.91. The van der Waals surface area contributed by atoms with E-state index in [1.54, 1.807) is 0 Å². The molecule has 0 bridgehead atoms. The van der Waals surface area contributed by atoms with Gasteiger partial charge in [-0.1, -0.05) is 13.3 Å². The number of thiazole rings is 1. The normalized spacial score (nSPS) is 27.4. The summed E-state index contributed by atoms with van der Waals surface area (Å²) in [6, 6.07) is 0.487. The summed E-state index contributed by atoms with van der Waals surface area (Å²) in [6.45, 7) is 4.73. The van der Waals surface area contributed by atoms with Crippen LogP contribution in [-0.4, -0.2) is 25.1 Å². The van der Waals surface area contributed by atoms with Gasteiger partial charge in [-0.3, -0.25) is 0 Å². The van der Waals surface area contributed by atoms with E-state index in [0.717, 1.165) is 5.92 Å². The maximum Gasteiger partial charge on any atom is 0.185 e. The molecule has 2 unspecified atom stereocenters. The second kappa shape index (κ2) is 5.80. The zero-order valence-electron chi connectivity index (χ0n) is 12.1. The molecule has 19 heavy (non-hydrogen) atoms. The molecule has 2 atom stereocenters. The number of piperidine rings is 1. The van der Waals surface area contributed by atoms with Gasteiger partial charge < -0.3 is 10.2 Å². The molecule has 0 radical (unpaired) electrons. The summed E-state index contributed by atoms with van der Waals surface area (Å²) >= 11 is 1.95. The van der Waals surface area contributed by atoms with Gasteiger partial charge in [-0.2, -0.15) is 0 Å². The Morgan fingerprint density at radius 1 is 1.37 bits per heavy atom. The van der Waals surface area contributed by atoms with Gasteiger partial charge in [0.05, 0.1) is 11.7 Å². The molecule has 0 spiro atoms. The molecular formula is C15H25N3S. The topological polar surface area (TPSA) is 28.2 Å². The van der Waals surface area contributed by atoms with Gasteiger partial charge in [-0.25, -0.2) is 4.98 Å². The molecule has 1 aromatic rings. The first-order chi connectivity index (χ1) is 9.31. The Morgan fingerprint density at radius 2 is 2.26 bits per heavy atom. The van der Waals surface area contributed by atoms with E-state index < -0.39 is 0 Å². The Kier molecular flexibility index (Phi) is 4.08. The van der Waals surface area contributed by atoms with Crippen LogP contribution in [0.5, 0.6) is 0 Å². The van der Waals surface area contributed by atoms with Crippen LogP contribution in [0.25, 0.3) is 0 Å². The molecule has 4 heteroatoms. The highest BCUT2D eigenvalue weighted by Crippen LogP contribution is 2.37. The van der Waals surface area contributed by atoms with Crippen LogP contribution in [0.1, 0.15) is 55.6 Å². The number of nitrogens with one attached hydrogen (secondary N) is 1. The molecule has 1 fully saturated rings. The lowest BCUT2D eigenvalue weighted by Crippen LogP contribution is -2.35. The van der Waals surface area contributed by atoms with Crippen molar-refractivity contribution in [3.8, 4) is 0 Å². The molecule has 0 amide bonds. The summed E-state index contributed by atoms with van der Waals surface area (Å²) in [6.07, 6.45) is 7.81. The van der Waals surface area contributed by atoms with Crippen molar-refractivity contribution in [3.05, 3.63) is 10.6 Å². The minimum Gasteiger partial charge on any atom is -0.348 e. The highest BCUT2D eigenvalue weighted by atomic mass is 32.1. The van der Waals surface area contributed by atoms with E-state index in [9.17, 15) is 0 Å². The van der Waals surface area contributed by atoms with Gasteiger partial charge in [0.15, 0.2) is 5.13 Å². The van der Waals surface area contributed by atoms with E-state index in [4.69, 9.17) is 4.98 Å². The zero-order chi connectivity index (χ0) is 13.2. The summed E-state index contributed by atoms with van der Waals surface area (Å²) in [5.74, 6) is 0.870. The molecule has 0 saturated carbocycles. The average molecular weight is 279 g/mol. The van der Waals surface area contributed by atoms with E-state index in [1.165, 1.54) is 67.3 Å². The molecule has 1 saturated heterocycles. The largest absolute Gasteiger partial charge is 0.348 e. The van der Waals surface area contributed by atoms with Crippen molar-refractivity contribution in [1.29, 1.82) is 0 Å². The standard InChI is InChI=1S/C15H25N3S/c1-3-11-6-5-9-18(10-11)15-17-14-12(16-2)7-4-8-13(14)19-15/h11-12,16H,3-10H2,1-2H3. The third-order valence-electron chi connectivity index (χ3n) is 4.66. The molecule has 106 valence electrons. The van der Waals surface area contributed by atoms with E-state index >= 15 is 0 Å². The van der Waals surface area contributed by atoms with Gasteiger partial charge in [0, 0.05) is 18.0 Å². The van der Waals surface area contributed by atoms with Crippen LogP contribution in [0, 0.1) is 5.92 Å². The summed E-state index contributed by atoms with van der Waals surface area (Å²) in [5.41, 5.74) is 1.34. The monoisotopic (exact) mass is 279 g/mol. The quantitative estimate of drug-likeness (QED) is 0.919. The number of hydrogen-bond donors (Lipinski definition) is 1. The number of nitrogens with zero attached hydrogens (tertiary/aromatic N) is 2. The second-order valence-electron chi connectivity index (χ2n) is 5.90. The van der Waals surface area contributed by atoms with E-state index in [1.807, 2.05) is 11.3 Å². The van der Waals surface area contributed by atoms with Crippen LogP contribution in [0.15, 0.2) is 0 Å². The Morgan fingerprint density at radius 3 is 3.05 bits per heavy atom. The SMILES string of the molecule is CCC1CCCN(c2nc3c(s2)CCCC3NC)C1. The fourth-order valence-electron chi connectivity index (χ4n) is 3.39. The van der Waals surface area contributed by atoms with E-state index in [0.29, 0.717) is 6.04 Å². The fourth-order valence-corrected chi connectivity index (χ4v) is 4.59. The van der Waals surface area contributed by atoms with Crippen LogP contribution < -0.4 is 10.2 Å². The van der Waals surface area contributed by atoms with Gasteiger partial charge in [-0.05, 0) is 45.1 Å². The lowest BCUT2D eigenvalue weighted by atomic mass is 9.96. The Balaban J connectivity index is 1.80. The molecule has 3 nitrogen and oxygen atoms in total. The minimum atomic E-state index is 0.487. The molecule has 2 aliphatic rings. The Labute approximate surface area is 120 Å². The Hall–Kier alpha value is -0.610. The Bertz CT molecular complexity index is 429. The highest BCUT2D eigenvalue weighted by Gasteiger charge is 2.27. The summed E-state index contributed by atoms with van der Waals surface area (Å²) in [5, 5.41) is 4.70.